The highest BCUT2D eigenvalue weighted by Crippen LogP contribution is 2.53. The van der Waals surface area contributed by atoms with Crippen LogP contribution in [-0.4, -0.2) is 36.8 Å². The second kappa shape index (κ2) is 6.73. The molecule has 3 fully saturated rings. The molecule has 2 aromatic rings. The molecular weight excluding hydrogens is 408 g/mol. The Morgan fingerprint density at radius 2 is 1.85 bits per heavy atom. The predicted octanol–water partition coefficient (Wildman–Crippen LogP) is 4.15. The zero-order valence-electron chi connectivity index (χ0n) is 14.8. The number of Topliss-reactive ketones (excluding diaryl/α,β-unsaturated/α-hetero) is 1. The van der Waals surface area contributed by atoms with Crippen molar-refractivity contribution in [3.8, 4) is 5.75 Å². The van der Waals surface area contributed by atoms with Gasteiger partial charge in [-0.15, -0.1) is 0 Å². The number of ether oxygens (including phenoxy) is 2. The number of carbonyl (C=O) groups is 1. The van der Waals surface area contributed by atoms with Gasteiger partial charge in [0.05, 0.1) is 30.4 Å². The molecule has 1 saturated carbocycles. The number of carbonyl (C=O) groups excluding carboxylic acids is 1. The van der Waals surface area contributed by atoms with E-state index in [0.717, 1.165) is 24.3 Å². The highest BCUT2D eigenvalue weighted by Gasteiger charge is 2.54. The maximum Gasteiger partial charge on any atom is 0.163 e. The zero-order valence-corrected chi connectivity index (χ0v) is 16.4. The van der Waals surface area contributed by atoms with E-state index in [1.165, 1.54) is 0 Å². The number of ketones is 1. The summed E-state index contributed by atoms with van der Waals surface area (Å²) >= 11 is 3.44. The lowest BCUT2D eigenvalue weighted by Crippen LogP contribution is -2.11. The maximum atomic E-state index is 12.9. The first-order chi connectivity index (χ1) is 13.1. The molecule has 5 rings (SSSR count). The van der Waals surface area contributed by atoms with E-state index in [4.69, 9.17) is 9.47 Å². The van der Waals surface area contributed by atoms with Gasteiger partial charge in [-0.3, -0.25) is 4.79 Å². The Labute approximate surface area is 166 Å². The lowest BCUT2D eigenvalue weighted by Gasteiger charge is -2.19. The van der Waals surface area contributed by atoms with Crippen molar-refractivity contribution in [1.29, 1.82) is 0 Å². The first-order valence-electron chi connectivity index (χ1n) is 9.43. The number of phenolic OH excluding ortho intramolecular Hbond substituents is 1. The second-order valence-corrected chi connectivity index (χ2v) is 8.67. The van der Waals surface area contributed by atoms with Gasteiger partial charge in [-0.1, -0.05) is 30.3 Å². The Morgan fingerprint density at radius 1 is 1.15 bits per heavy atom. The summed E-state index contributed by atoms with van der Waals surface area (Å²) in [6.07, 6.45) is 0.598. The van der Waals surface area contributed by atoms with Gasteiger partial charge >= 0.3 is 0 Å². The third-order valence-corrected chi connectivity index (χ3v) is 6.79. The zero-order chi connectivity index (χ0) is 18.5. The summed E-state index contributed by atoms with van der Waals surface area (Å²) in [7, 11) is 0. The van der Waals surface area contributed by atoms with Crippen molar-refractivity contribution in [3.63, 3.8) is 0 Å². The van der Waals surface area contributed by atoms with E-state index in [1.54, 1.807) is 6.07 Å². The summed E-state index contributed by atoms with van der Waals surface area (Å²) in [5.74, 6) is 1.83. The van der Waals surface area contributed by atoms with Gasteiger partial charge in [0.2, 0.25) is 0 Å². The molecule has 1 aliphatic carbocycles. The van der Waals surface area contributed by atoms with Gasteiger partial charge in [0, 0.05) is 23.5 Å². The summed E-state index contributed by atoms with van der Waals surface area (Å²) in [5, 5.41) is 10.7. The SMILES string of the molecule is O=C(CC1[C@H]2COC[C@@H]12)c1cc(Br)c(O)c(C(c2ccccc2)C2CO2)c1. The Hall–Kier alpha value is -1.69. The number of aromatic hydroxyl groups is 1. The van der Waals surface area contributed by atoms with Crippen molar-refractivity contribution in [3.05, 3.63) is 63.6 Å². The van der Waals surface area contributed by atoms with E-state index in [2.05, 4.69) is 15.9 Å². The highest BCUT2D eigenvalue weighted by atomic mass is 79.9. The Kier molecular flexibility index (Phi) is 4.34. The number of halogens is 1. The molecule has 1 N–H and O–H groups in total. The summed E-state index contributed by atoms with van der Waals surface area (Å²) in [4.78, 5) is 12.9. The number of hydrogen-bond donors (Lipinski definition) is 1. The van der Waals surface area contributed by atoms with Gasteiger partial charge in [-0.25, -0.2) is 0 Å². The number of phenols is 1. The molecule has 0 aromatic heterocycles. The first kappa shape index (κ1) is 17.4. The largest absolute Gasteiger partial charge is 0.506 e. The third-order valence-electron chi connectivity index (χ3n) is 6.19. The van der Waals surface area contributed by atoms with Crippen LogP contribution in [0, 0.1) is 17.8 Å². The topological polar surface area (TPSA) is 59.1 Å². The van der Waals surface area contributed by atoms with Gasteiger partial charge in [-0.2, -0.15) is 0 Å². The molecule has 0 bridgehead atoms. The molecule has 2 saturated heterocycles. The molecule has 0 amide bonds. The quantitative estimate of drug-likeness (QED) is 0.554. The van der Waals surface area contributed by atoms with Gasteiger partial charge in [0.15, 0.2) is 5.78 Å². The summed E-state index contributed by atoms with van der Waals surface area (Å²) in [6, 6.07) is 13.6. The molecule has 27 heavy (non-hydrogen) atoms. The number of epoxide rings is 1. The average Bonchev–Trinajstić information content (AvgIpc) is 3.57. The fourth-order valence-corrected chi connectivity index (χ4v) is 4.99. The average molecular weight is 429 g/mol. The minimum atomic E-state index is -0.0797. The molecule has 2 aromatic carbocycles. The molecule has 3 unspecified atom stereocenters. The van der Waals surface area contributed by atoms with Crippen molar-refractivity contribution in [2.75, 3.05) is 19.8 Å². The standard InChI is InChI=1S/C22H21BrO4/c23-18-7-13(19(24)8-14-16-9-26-10-17(14)16)6-15(22(18)25)21(20-11-27-20)12-4-2-1-3-5-12/h1-7,14,16-17,20-21,25H,8-11H2/t14?,16-,17+,20?,21?. The van der Waals surface area contributed by atoms with E-state index in [1.807, 2.05) is 36.4 Å². The summed E-state index contributed by atoms with van der Waals surface area (Å²) in [6.45, 7) is 2.25. The molecule has 5 heteroatoms. The molecule has 4 nitrogen and oxygen atoms in total. The van der Waals surface area contributed by atoms with Gasteiger partial charge < -0.3 is 14.6 Å². The molecule has 3 aliphatic rings. The van der Waals surface area contributed by atoms with Crippen molar-refractivity contribution in [2.45, 2.75) is 18.4 Å². The van der Waals surface area contributed by atoms with Crippen LogP contribution in [0.1, 0.15) is 33.8 Å². The molecular formula is C22H21BrO4. The van der Waals surface area contributed by atoms with Crippen LogP contribution >= 0.6 is 15.9 Å². The Morgan fingerprint density at radius 3 is 2.52 bits per heavy atom. The minimum absolute atomic E-state index is 0.0375. The fraction of sp³-hybridized carbons (Fsp3) is 0.409. The van der Waals surface area contributed by atoms with E-state index < -0.39 is 0 Å². The summed E-state index contributed by atoms with van der Waals surface area (Å²) < 4.78 is 11.6. The van der Waals surface area contributed by atoms with E-state index in [0.29, 0.717) is 40.8 Å². The van der Waals surface area contributed by atoms with Crippen LogP contribution in [0.4, 0.5) is 0 Å². The number of rotatable bonds is 6. The minimum Gasteiger partial charge on any atom is -0.506 e. The third kappa shape index (κ3) is 3.22. The van der Waals surface area contributed by atoms with Crippen LogP contribution in [-0.2, 0) is 9.47 Å². The van der Waals surface area contributed by atoms with Gasteiger partial charge in [-0.05, 0) is 51.4 Å². The first-order valence-corrected chi connectivity index (χ1v) is 10.2. The molecule has 0 spiro atoms. The van der Waals surface area contributed by atoms with Gasteiger partial charge in [0.25, 0.3) is 0 Å². The normalized spacial score (nSPS) is 29.2. The molecule has 140 valence electrons. The Balaban J connectivity index is 1.46. The molecule has 2 heterocycles. The highest BCUT2D eigenvalue weighted by molar-refractivity contribution is 9.10. The Bertz CT molecular complexity index is 867. The van der Waals surface area contributed by atoms with Crippen LogP contribution in [0.15, 0.2) is 46.9 Å². The number of fused-ring (bicyclic) bond motifs is 1. The van der Waals surface area contributed by atoms with Crippen LogP contribution in [0.3, 0.4) is 0 Å². The summed E-state index contributed by atoms with van der Waals surface area (Å²) in [5.41, 5.74) is 2.49. The smallest absolute Gasteiger partial charge is 0.163 e. The van der Waals surface area contributed by atoms with E-state index >= 15 is 0 Å². The lowest BCUT2D eigenvalue weighted by molar-refractivity contribution is 0.0950. The van der Waals surface area contributed by atoms with Crippen LogP contribution in [0.5, 0.6) is 5.75 Å². The van der Waals surface area contributed by atoms with Crippen molar-refractivity contribution in [2.24, 2.45) is 17.8 Å². The van der Waals surface area contributed by atoms with Crippen LogP contribution in [0.25, 0.3) is 0 Å². The van der Waals surface area contributed by atoms with Crippen LogP contribution < -0.4 is 0 Å². The predicted molar refractivity (Wildman–Crippen MR) is 104 cm³/mol. The second-order valence-electron chi connectivity index (χ2n) is 7.81. The van der Waals surface area contributed by atoms with Crippen molar-refractivity contribution < 1.29 is 19.4 Å². The fourth-order valence-electron chi connectivity index (χ4n) is 4.51. The number of benzene rings is 2. The number of hydrogen-bond acceptors (Lipinski definition) is 4. The molecule has 5 atom stereocenters. The van der Waals surface area contributed by atoms with Crippen molar-refractivity contribution >= 4 is 21.7 Å². The van der Waals surface area contributed by atoms with Gasteiger partial charge in [0.1, 0.15) is 5.75 Å². The van der Waals surface area contributed by atoms with Crippen LogP contribution in [0.2, 0.25) is 0 Å². The van der Waals surface area contributed by atoms with Crippen molar-refractivity contribution in [1.82, 2.24) is 0 Å². The molecule has 2 aliphatic heterocycles. The maximum absolute atomic E-state index is 12.9. The van der Waals surface area contributed by atoms with E-state index in [-0.39, 0.29) is 23.6 Å². The lowest BCUT2D eigenvalue weighted by atomic mass is 9.86. The molecule has 0 radical (unpaired) electrons. The van der Waals surface area contributed by atoms with E-state index in [9.17, 15) is 9.90 Å². The monoisotopic (exact) mass is 428 g/mol.